The molecule has 0 amide bonds. The van der Waals surface area contributed by atoms with Crippen LogP contribution in [0.3, 0.4) is 0 Å². The first kappa shape index (κ1) is 12.8. The summed E-state index contributed by atoms with van der Waals surface area (Å²) in [6, 6.07) is 0. The maximum absolute atomic E-state index is 12.4. The second-order valence-electron chi connectivity index (χ2n) is 5.26. The molecule has 0 bridgehead atoms. The van der Waals surface area contributed by atoms with Crippen molar-refractivity contribution >= 4 is 0 Å². The molecule has 1 aliphatic heterocycles. The fraction of sp³-hybridized carbons (Fsp3) is 1.00. The molecule has 2 unspecified atom stereocenters. The third kappa shape index (κ3) is 2.64. The van der Waals surface area contributed by atoms with Gasteiger partial charge in [-0.15, -0.1) is 0 Å². The van der Waals surface area contributed by atoms with Gasteiger partial charge in [-0.25, -0.2) is 0 Å². The predicted octanol–water partition coefficient (Wildman–Crippen LogP) is 2.50. The topological polar surface area (TPSA) is 29.5 Å². The van der Waals surface area contributed by atoms with E-state index in [1.165, 1.54) is 0 Å². The Morgan fingerprint density at radius 3 is 2.00 bits per heavy atom. The molecule has 0 aliphatic carbocycles. The molecule has 0 aromatic heterocycles. The number of hydrogen-bond donors (Lipinski definition) is 1. The first-order chi connectivity index (χ1) is 6.46. The van der Waals surface area contributed by atoms with Crippen molar-refractivity contribution in [2.24, 2.45) is 5.92 Å². The molecule has 0 saturated carbocycles. The first-order valence-corrected chi connectivity index (χ1v) is 4.91. The van der Waals surface area contributed by atoms with Gasteiger partial charge in [-0.1, -0.05) is 0 Å². The number of alkyl halides is 3. The summed E-state index contributed by atoms with van der Waals surface area (Å²) in [4.78, 5) is 0. The number of ether oxygens (including phenoxy) is 1. The zero-order valence-electron chi connectivity index (χ0n) is 9.35. The highest BCUT2D eigenvalue weighted by Crippen LogP contribution is 2.46. The van der Waals surface area contributed by atoms with E-state index in [-0.39, 0.29) is 6.42 Å². The Hall–Kier alpha value is -0.290. The van der Waals surface area contributed by atoms with Crippen molar-refractivity contribution in [1.82, 2.24) is 0 Å². The average Bonchev–Trinajstić information content (AvgIpc) is 2.15. The molecule has 1 aliphatic rings. The molecule has 1 N–H and O–H groups in total. The van der Waals surface area contributed by atoms with Gasteiger partial charge < -0.3 is 9.84 Å². The molecule has 2 atom stereocenters. The van der Waals surface area contributed by atoms with Gasteiger partial charge in [-0.3, -0.25) is 0 Å². The lowest BCUT2D eigenvalue weighted by atomic mass is 9.83. The summed E-state index contributed by atoms with van der Waals surface area (Å²) in [6.07, 6.45) is -6.68. The fourth-order valence-electron chi connectivity index (χ4n) is 2.32. The maximum Gasteiger partial charge on any atom is 0.414 e. The van der Waals surface area contributed by atoms with E-state index in [1.54, 1.807) is 27.7 Å². The Morgan fingerprint density at radius 2 is 1.73 bits per heavy atom. The molecule has 1 heterocycles. The smallest absolute Gasteiger partial charge is 0.383 e. The number of aliphatic hydroxyl groups is 1. The van der Waals surface area contributed by atoms with Crippen LogP contribution in [0, 0.1) is 5.92 Å². The number of rotatable bonds is 1. The van der Waals surface area contributed by atoms with Gasteiger partial charge in [0.25, 0.3) is 0 Å². The van der Waals surface area contributed by atoms with Gasteiger partial charge in [0, 0.05) is 5.92 Å². The van der Waals surface area contributed by atoms with E-state index in [9.17, 15) is 18.3 Å². The Labute approximate surface area is 87.4 Å². The highest BCUT2D eigenvalue weighted by molar-refractivity contribution is 4.98. The molecule has 0 radical (unpaired) electrons. The fourth-order valence-corrected chi connectivity index (χ4v) is 2.32. The summed E-state index contributed by atoms with van der Waals surface area (Å²) in [7, 11) is 0. The van der Waals surface area contributed by atoms with E-state index in [2.05, 4.69) is 0 Å². The first-order valence-electron chi connectivity index (χ1n) is 4.91. The third-order valence-corrected chi connectivity index (χ3v) is 2.86. The monoisotopic (exact) mass is 226 g/mol. The van der Waals surface area contributed by atoms with Crippen LogP contribution in [0.2, 0.25) is 0 Å². The van der Waals surface area contributed by atoms with Gasteiger partial charge in [-0.2, -0.15) is 13.2 Å². The minimum Gasteiger partial charge on any atom is -0.383 e. The van der Waals surface area contributed by atoms with Crippen LogP contribution in [0.15, 0.2) is 0 Å². The quantitative estimate of drug-likeness (QED) is 0.744. The Bertz CT molecular complexity index is 246. The molecular weight excluding hydrogens is 209 g/mol. The van der Waals surface area contributed by atoms with E-state index >= 15 is 0 Å². The lowest BCUT2D eigenvalue weighted by Gasteiger charge is -2.31. The summed E-state index contributed by atoms with van der Waals surface area (Å²) >= 11 is 0. The Morgan fingerprint density at radius 1 is 1.27 bits per heavy atom. The molecule has 5 heteroatoms. The van der Waals surface area contributed by atoms with Crippen molar-refractivity contribution in [2.45, 2.75) is 57.6 Å². The number of aliphatic hydroxyl groups excluding tert-OH is 1. The second kappa shape index (κ2) is 3.35. The molecule has 1 saturated heterocycles. The lowest BCUT2D eigenvalue weighted by Crippen LogP contribution is -2.44. The zero-order chi connectivity index (χ0) is 12.1. The summed E-state index contributed by atoms with van der Waals surface area (Å²) in [6.45, 7) is 6.64. The predicted molar refractivity (Wildman–Crippen MR) is 49.4 cm³/mol. The van der Waals surface area contributed by atoms with Gasteiger partial charge in [0.15, 0.2) is 6.10 Å². The average molecular weight is 226 g/mol. The van der Waals surface area contributed by atoms with Crippen LogP contribution in [0.5, 0.6) is 0 Å². The largest absolute Gasteiger partial charge is 0.414 e. The van der Waals surface area contributed by atoms with Crippen LogP contribution in [0.1, 0.15) is 34.1 Å². The third-order valence-electron chi connectivity index (χ3n) is 2.86. The molecule has 0 spiro atoms. The van der Waals surface area contributed by atoms with Crippen LogP contribution in [-0.2, 0) is 4.74 Å². The van der Waals surface area contributed by atoms with Crippen molar-refractivity contribution in [1.29, 1.82) is 0 Å². The van der Waals surface area contributed by atoms with Crippen LogP contribution < -0.4 is 0 Å². The highest BCUT2D eigenvalue weighted by atomic mass is 19.4. The normalized spacial score (nSPS) is 31.6. The molecule has 1 rings (SSSR count). The lowest BCUT2D eigenvalue weighted by molar-refractivity contribution is -0.230. The Balaban J connectivity index is 2.88. The minimum absolute atomic E-state index is 0.209. The standard InChI is InChI=1S/C10H17F3O2/c1-8(2)5-6(9(3,4)15-8)7(14)10(11,12)13/h6-7,14H,5H2,1-4H3. The molecule has 0 aromatic rings. The summed E-state index contributed by atoms with van der Waals surface area (Å²) in [5.41, 5.74) is -1.56. The van der Waals surface area contributed by atoms with E-state index in [0.29, 0.717) is 0 Å². The van der Waals surface area contributed by atoms with Crippen molar-refractivity contribution in [3.05, 3.63) is 0 Å². The van der Waals surface area contributed by atoms with Gasteiger partial charge in [0.2, 0.25) is 0 Å². The summed E-state index contributed by atoms with van der Waals surface area (Å²) in [5, 5.41) is 9.25. The van der Waals surface area contributed by atoms with Crippen LogP contribution in [-0.4, -0.2) is 28.6 Å². The van der Waals surface area contributed by atoms with Gasteiger partial charge in [-0.05, 0) is 34.1 Å². The molecule has 15 heavy (non-hydrogen) atoms. The van der Waals surface area contributed by atoms with Crippen LogP contribution in [0.25, 0.3) is 0 Å². The van der Waals surface area contributed by atoms with E-state index in [4.69, 9.17) is 4.74 Å². The number of halogens is 3. The second-order valence-corrected chi connectivity index (χ2v) is 5.26. The number of hydrogen-bond acceptors (Lipinski definition) is 2. The molecule has 1 fully saturated rings. The van der Waals surface area contributed by atoms with Gasteiger partial charge in [0.05, 0.1) is 11.2 Å². The van der Waals surface area contributed by atoms with E-state index in [1.807, 2.05) is 0 Å². The maximum atomic E-state index is 12.4. The van der Waals surface area contributed by atoms with Crippen molar-refractivity contribution in [2.75, 3.05) is 0 Å². The highest BCUT2D eigenvalue weighted by Gasteiger charge is 2.55. The van der Waals surface area contributed by atoms with Crippen molar-refractivity contribution in [3.8, 4) is 0 Å². The Kier molecular flexibility index (Phi) is 2.85. The molecule has 0 aromatic carbocycles. The van der Waals surface area contributed by atoms with Crippen LogP contribution in [0.4, 0.5) is 13.2 Å². The zero-order valence-corrected chi connectivity index (χ0v) is 9.35. The molecule has 90 valence electrons. The van der Waals surface area contributed by atoms with E-state index < -0.39 is 29.4 Å². The molecular formula is C10H17F3O2. The minimum atomic E-state index is -4.58. The molecule has 2 nitrogen and oxygen atoms in total. The van der Waals surface area contributed by atoms with Crippen LogP contribution >= 0.6 is 0 Å². The SMILES string of the molecule is CC1(C)CC(C(O)C(F)(F)F)C(C)(C)O1. The summed E-state index contributed by atoms with van der Waals surface area (Å²) < 4.78 is 42.7. The van der Waals surface area contributed by atoms with Crippen molar-refractivity contribution < 1.29 is 23.0 Å². The van der Waals surface area contributed by atoms with Crippen molar-refractivity contribution in [3.63, 3.8) is 0 Å². The van der Waals surface area contributed by atoms with Gasteiger partial charge >= 0.3 is 6.18 Å². The summed E-state index contributed by atoms with van der Waals surface area (Å²) in [5.74, 6) is -0.910. The van der Waals surface area contributed by atoms with Gasteiger partial charge in [0.1, 0.15) is 0 Å². The van der Waals surface area contributed by atoms with E-state index in [0.717, 1.165) is 0 Å².